The minimum absolute atomic E-state index is 0.0153. The maximum atomic E-state index is 12.0. The standard InChI is InChI=1S/C13H17N3OS/c1-8-6-10(9(2)15(8)4)7-11-12(17)16(5)13(14-3)18-11/h6-7H,1-5H3/b11-7+,14-13?. The van der Waals surface area contributed by atoms with E-state index >= 15 is 0 Å². The van der Waals surface area contributed by atoms with Crippen LogP contribution < -0.4 is 0 Å². The van der Waals surface area contributed by atoms with Gasteiger partial charge in [-0.25, -0.2) is 0 Å². The van der Waals surface area contributed by atoms with E-state index in [1.54, 1.807) is 19.0 Å². The molecule has 0 aromatic carbocycles. The van der Waals surface area contributed by atoms with E-state index in [0.29, 0.717) is 0 Å². The number of aryl methyl sites for hydroxylation is 1. The van der Waals surface area contributed by atoms with Gasteiger partial charge < -0.3 is 4.57 Å². The zero-order chi connectivity index (χ0) is 13.4. The Morgan fingerprint density at radius 1 is 1.33 bits per heavy atom. The number of nitrogens with zero attached hydrogens (tertiary/aromatic N) is 3. The van der Waals surface area contributed by atoms with Crippen LogP contribution in [0.2, 0.25) is 0 Å². The van der Waals surface area contributed by atoms with Crippen LogP contribution >= 0.6 is 11.8 Å². The molecule has 0 saturated carbocycles. The number of carbonyl (C=O) groups excluding carboxylic acids is 1. The van der Waals surface area contributed by atoms with Gasteiger partial charge in [0.1, 0.15) is 0 Å². The number of likely N-dealkylation sites (N-methyl/N-ethyl adjacent to an activating group) is 1. The average Bonchev–Trinajstić information content (AvgIpc) is 2.75. The van der Waals surface area contributed by atoms with Gasteiger partial charge in [0.15, 0.2) is 5.17 Å². The van der Waals surface area contributed by atoms with Gasteiger partial charge in [-0.3, -0.25) is 14.7 Å². The molecular formula is C13H17N3OS. The molecule has 0 aliphatic carbocycles. The number of hydrogen-bond acceptors (Lipinski definition) is 3. The molecule has 96 valence electrons. The molecule has 5 heteroatoms. The minimum atomic E-state index is 0.0153. The van der Waals surface area contributed by atoms with Crippen molar-refractivity contribution in [2.75, 3.05) is 14.1 Å². The van der Waals surface area contributed by atoms with Gasteiger partial charge in [0.2, 0.25) is 0 Å². The van der Waals surface area contributed by atoms with E-state index in [-0.39, 0.29) is 5.91 Å². The monoisotopic (exact) mass is 263 g/mol. The summed E-state index contributed by atoms with van der Waals surface area (Å²) < 4.78 is 2.12. The van der Waals surface area contributed by atoms with Gasteiger partial charge in [-0.05, 0) is 43.3 Å². The Kier molecular flexibility index (Phi) is 3.34. The largest absolute Gasteiger partial charge is 0.352 e. The van der Waals surface area contributed by atoms with Crippen LogP contribution in [-0.2, 0) is 11.8 Å². The van der Waals surface area contributed by atoms with E-state index in [2.05, 4.69) is 29.5 Å². The topological polar surface area (TPSA) is 37.6 Å². The molecule has 1 amide bonds. The molecule has 1 aromatic heterocycles. The van der Waals surface area contributed by atoms with Crippen LogP contribution in [0.3, 0.4) is 0 Å². The fraction of sp³-hybridized carbons (Fsp3) is 0.385. The van der Waals surface area contributed by atoms with Gasteiger partial charge >= 0.3 is 0 Å². The number of aromatic nitrogens is 1. The van der Waals surface area contributed by atoms with Crippen molar-refractivity contribution in [3.8, 4) is 0 Å². The van der Waals surface area contributed by atoms with Crippen LogP contribution in [0.4, 0.5) is 0 Å². The van der Waals surface area contributed by atoms with E-state index in [1.165, 1.54) is 17.5 Å². The van der Waals surface area contributed by atoms with Gasteiger partial charge in [-0.2, -0.15) is 0 Å². The highest BCUT2D eigenvalue weighted by Gasteiger charge is 2.29. The van der Waals surface area contributed by atoms with Crippen LogP contribution in [0, 0.1) is 13.8 Å². The van der Waals surface area contributed by atoms with Gasteiger partial charge in [0.05, 0.1) is 4.91 Å². The molecule has 18 heavy (non-hydrogen) atoms. The first-order chi connectivity index (χ1) is 8.45. The van der Waals surface area contributed by atoms with Gasteiger partial charge in [-0.1, -0.05) is 0 Å². The summed E-state index contributed by atoms with van der Waals surface area (Å²) in [5, 5.41) is 0.747. The molecule has 4 nitrogen and oxygen atoms in total. The molecule has 1 fully saturated rings. The number of carbonyl (C=O) groups is 1. The second kappa shape index (κ2) is 4.65. The molecule has 1 aromatic rings. The summed E-state index contributed by atoms with van der Waals surface area (Å²) in [6.07, 6.45) is 1.95. The van der Waals surface area contributed by atoms with Crippen molar-refractivity contribution in [3.63, 3.8) is 0 Å². The van der Waals surface area contributed by atoms with Crippen LogP contribution in [-0.4, -0.2) is 34.6 Å². The molecule has 0 unspecified atom stereocenters. The molecular weight excluding hydrogens is 246 g/mol. The minimum Gasteiger partial charge on any atom is -0.352 e. The Morgan fingerprint density at radius 2 is 2.00 bits per heavy atom. The van der Waals surface area contributed by atoms with Crippen molar-refractivity contribution in [2.24, 2.45) is 12.0 Å². The lowest BCUT2D eigenvalue weighted by atomic mass is 10.2. The van der Waals surface area contributed by atoms with Gasteiger partial charge in [0, 0.05) is 32.5 Å². The van der Waals surface area contributed by atoms with E-state index in [9.17, 15) is 4.79 Å². The maximum Gasteiger partial charge on any atom is 0.266 e. The molecule has 0 bridgehead atoms. The molecule has 1 aliphatic heterocycles. The number of aliphatic imine (C=N–C) groups is 1. The molecule has 2 rings (SSSR count). The number of amidine groups is 1. The summed E-state index contributed by atoms with van der Waals surface area (Å²) >= 11 is 1.42. The Morgan fingerprint density at radius 3 is 2.44 bits per heavy atom. The quantitative estimate of drug-likeness (QED) is 0.728. The van der Waals surface area contributed by atoms with Gasteiger partial charge in [-0.15, -0.1) is 0 Å². The maximum absolute atomic E-state index is 12.0. The van der Waals surface area contributed by atoms with Crippen molar-refractivity contribution in [2.45, 2.75) is 13.8 Å². The summed E-state index contributed by atoms with van der Waals surface area (Å²) in [7, 11) is 5.48. The Labute approximate surface area is 111 Å². The van der Waals surface area contributed by atoms with Crippen LogP contribution in [0.5, 0.6) is 0 Å². The number of amides is 1. The van der Waals surface area contributed by atoms with E-state index in [0.717, 1.165) is 21.3 Å². The lowest BCUT2D eigenvalue weighted by Gasteiger charge is -2.05. The average molecular weight is 263 g/mol. The van der Waals surface area contributed by atoms with Gasteiger partial charge in [0.25, 0.3) is 5.91 Å². The highest BCUT2D eigenvalue weighted by molar-refractivity contribution is 8.18. The fourth-order valence-corrected chi connectivity index (χ4v) is 2.84. The third-order valence-electron chi connectivity index (χ3n) is 3.30. The van der Waals surface area contributed by atoms with Crippen molar-refractivity contribution >= 4 is 28.9 Å². The van der Waals surface area contributed by atoms with Crippen molar-refractivity contribution in [3.05, 3.63) is 27.9 Å². The summed E-state index contributed by atoms with van der Waals surface area (Å²) in [4.78, 5) is 18.4. The van der Waals surface area contributed by atoms with Crippen LogP contribution in [0.1, 0.15) is 17.0 Å². The summed E-state index contributed by atoms with van der Waals surface area (Å²) in [5.41, 5.74) is 3.45. The second-order valence-corrected chi connectivity index (χ2v) is 5.38. The molecule has 0 atom stereocenters. The normalized spacial score (nSPS) is 20.5. The van der Waals surface area contributed by atoms with E-state index in [1.807, 2.05) is 13.1 Å². The zero-order valence-corrected chi connectivity index (χ0v) is 12.1. The van der Waals surface area contributed by atoms with E-state index in [4.69, 9.17) is 0 Å². The Balaban J connectivity index is 2.41. The van der Waals surface area contributed by atoms with Crippen molar-refractivity contribution in [1.29, 1.82) is 0 Å². The lowest BCUT2D eigenvalue weighted by Crippen LogP contribution is -2.23. The van der Waals surface area contributed by atoms with Crippen LogP contribution in [0.15, 0.2) is 16.0 Å². The highest BCUT2D eigenvalue weighted by Crippen LogP contribution is 2.32. The highest BCUT2D eigenvalue weighted by atomic mass is 32.2. The van der Waals surface area contributed by atoms with Crippen molar-refractivity contribution in [1.82, 2.24) is 9.47 Å². The van der Waals surface area contributed by atoms with Crippen LogP contribution in [0.25, 0.3) is 6.08 Å². The second-order valence-electron chi connectivity index (χ2n) is 4.37. The fourth-order valence-electron chi connectivity index (χ4n) is 1.92. The first-order valence-electron chi connectivity index (χ1n) is 5.73. The predicted molar refractivity (Wildman–Crippen MR) is 76.6 cm³/mol. The predicted octanol–water partition coefficient (Wildman–Crippen LogP) is 2.17. The Bertz CT molecular complexity index is 569. The molecule has 1 saturated heterocycles. The van der Waals surface area contributed by atoms with Crippen molar-refractivity contribution < 1.29 is 4.79 Å². The summed E-state index contributed by atoms with van der Waals surface area (Å²) in [5.74, 6) is 0.0153. The molecule has 0 radical (unpaired) electrons. The molecule has 0 spiro atoms. The first-order valence-corrected chi connectivity index (χ1v) is 6.54. The summed E-state index contributed by atoms with van der Waals surface area (Å²) in [6.45, 7) is 4.12. The number of thioether (sulfide) groups is 1. The zero-order valence-electron chi connectivity index (χ0n) is 11.3. The molecule has 0 N–H and O–H groups in total. The Hall–Kier alpha value is -1.49. The SMILES string of the molecule is CN=C1S/C(=C/c2cc(C)n(C)c2C)C(=O)N1C. The number of rotatable bonds is 1. The summed E-state index contributed by atoms with van der Waals surface area (Å²) in [6, 6.07) is 2.09. The van der Waals surface area contributed by atoms with E-state index < -0.39 is 0 Å². The third kappa shape index (κ3) is 1.99. The first kappa shape index (κ1) is 13.0. The third-order valence-corrected chi connectivity index (χ3v) is 4.45. The molecule has 1 aliphatic rings. The molecule has 2 heterocycles. The lowest BCUT2D eigenvalue weighted by molar-refractivity contribution is -0.121. The number of hydrogen-bond donors (Lipinski definition) is 0. The smallest absolute Gasteiger partial charge is 0.266 e.